The highest BCUT2D eigenvalue weighted by atomic mass is 35.5. The number of benzene rings is 2. The third-order valence-corrected chi connectivity index (χ3v) is 5.58. The highest BCUT2D eigenvalue weighted by Crippen LogP contribution is 2.57. The van der Waals surface area contributed by atoms with Crippen LogP contribution in [0.5, 0.6) is 11.5 Å². The Morgan fingerprint density at radius 2 is 1.96 bits per heavy atom. The molecule has 0 aromatic heterocycles. The van der Waals surface area contributed by atoms with Gasteiger partial charge in [-0.2, -0.15) is 0 Å². The third-order valence-electron chi connectivity index (χ3n) is 5.58. The predicted octanol–water partition coefficient (Wildman–Crippen LogP) is 4.02. The van der Waals surface area contributed by atoms with Gasteiger partial charge in [0.1, 0.15) is 17.3 Å². The van der Waals surface area contributed by atoms with Crippen molar-refractivity contribution in [3.05, 3.63) is 59.4 Å². The van der Waals surface area contributed by atoms with Gasteiger partial charge in [0, 0.05) is 13.1 Å². The van der Waals surface area contributed by atoms with Crippen molar-refractivity contribution in [2.45, 2.75) is 19.8 Å². The highest BCUT2D eigenvalue weighted by Gasteiger charge is 2.57. The molecule has 1 amide bonds. The number of amides is 1. The molecule has 0 unspecified atom stereocenters. The SMILES string of the molecule is C[C@]12C[C@H]1CN(C(=O)c1cc(Oc3ccc(CCN)cc3)ccc1F)C2.Cl. The first kappa shape index (κ1) is 19.6. The molecule has 0 bridgehead atoms. The molecule has 4 nitrogen and oxygen atoms in total. The summed E-state index contributed by atoms with van der Waals surface area (Å²) in [6, 6.07) is 11.9. The molecule has 4 rings (SSSR count). The van der Waals surface area contributed by atoms with Crippen molar-refractivity contribution in [1.82, 2.24) is 4.90 Å². The molecular formula is C21H24ClFN2O2. The van der Waals surface area contributed by atoms with E-state index in [1.54, 1.807) is 11.0 Å². The van der Waals surface area contributed by atoms with E-state index in [4.69, 9.17) is 10.5 Å². The summed E-state index contributed by atoms with van der Waals surface area (Å²) in [6.07, 6.45) is 1.98. The predicted molar refractivity (Wildman–Crippen MR) is 105 cm³/mol. The van der Waals surface area contributed by atoms with E-state index in [1.165, 1.54) is 18.6 Å². The molecule has 1 saturated carbocycles. The average Bonchev–Trinajstić information content (AvgIpc) is 3.14. The van der Waals surface area contributed by atoms with E-state index < -0.39 is 5.82 Å². The Balaban J connectivity index is 0.00000210. The molecule has 1 aliphatic carbocycles. The van der Waals surface area contributed by atoms with Crippen LogP contribution in [0.4, 0.5) is 4.39 Å². The number of nitrogens with zero attached hydrogens (tertiary/aromatic N) is 1. The maximum absolute atomic E-state index is 14.2. The molecule has 2 aromatic rings. The Bertz CT molecular complexity index is 843. The lowest BCUT2D eigenvalue weighted by Gasteiger charge is -2.20. The lowest BCUT2D eigenvalue weighted by atomic mass is 10.1. The summed E-state index contributed by atoms with van der Waals surface area (Å²) in [5.41, 5.74) is 7.00. The Morgan fingerprint density at radius 1 is 1.26 bits per heavy atom. The maximum Gasteiger partial charge on any atom is 0.256 e. The van der Waals surface area contributed by atoms with Gasteiger partial charge in [-0.05, 0) is 66.6 Å². The zero-order chi connectivity index (χ0) is 18.3. The summed E-state index contributed by atoms with van der Waals surface area (Å²) >= 11 is 0. The monoisotopic (exact) mass is 390 g/mol. The van der Waals surface area contributed by atoms with Crippen LogP contribution in [0.2, 0.25) is 0 Å². The van der Waals surface area contributed by atoms with Gasteiger partial charge in [0.15, 0.2) is 0 Å². The standard InChI is InChI=1S/C21H23FN2O2.ClH/c1-21-11-15(21)12-24(13-21)20(25)18-10-17(6-7-19(18)22)26-16-4-2-14(3-5-16)8-9-23;/h2-7,10,15H,8-9,11-13,23H2,1H3;1H/t15-,21+;/m0./s1. The topological polar surface area (TPSA) is 55.6 Å². The smallest absolute Gasteiger partial charge is 0.256 e. The molecule has 2 aliphatic rings. The molecule has 2 N–H and O–H groups in total. The van der Waals surface area contributed by atoms with Crippen LogP contribution in [0.25, 0.3) is 0 Å². The van der Waals surface area contributed by atoms with E-state index in [0.717, 1.165) is 18.5 Å². The minimum Gasteiger partial charge on any atom is -0.457 e. The molecular weight excluding hydrogens is 367 g/mol. The summed E-state index contributed by atoms with van der Waals surface area (Å²) in [6.45, 7) is 4.22. The molecule has 2 atom stereocenters. The second kappa shape index (κ2) is 7.49. The van der Waals surface area contributed by atoms with Crippen LogP contribution in [0.3, 0.4) is 0 Å². The van der Waals surface area contributed by atoms with Gasteiger partial charge in [0.2, 0.25) is 0 Å². The Morgan fingerprint density at radius 3 is 2.59 bits per heavy atom. The molecule has 144 valence electrons. The molecule has 0 radical (unpaired) electrons. The van der Waals surface area contributed by atoms with Gasteiger partial charge in [0.05, 0.1) is 5.56 Å². The van der Waals surface area contributed by atoms with Crippen molar-refractivity contribution in [2.24, 2.45) is 17.1 Å². The van der Waals surface area contributed by atoms with Crippen LogP contribution in [0.1, 0.15) is 29.3 Å². The summed E-state index contributed by atoms with van der Waals surface area (Å²) in [5.74, 6) is 0.912. The van der Waals surface area contributed by atoms with Crippen molar-refractivity contribution in [3.63, 3.8) is 0 Å². The van der Waals surface area contributed by atoms with Crippen LogP contribution in [-0.2, 0) is 6.42 Å². The Labute approximate surface area is 164 Å². The first-order valence-electron chi connectivity index (χ1n) is 9.04. The van der Waals surface area contributed by atoms with Crippen LogP contribution in [0.15, 0.2) is 42.5 Å². The van der Waals surface area contributed by atoms with Crippen molar-refractivity contribution >= 4 is 18.3 Å². The first-order chi connectivity index (χ1) is 12.5. The molecule has 0 spiro atoms. The molecule has 1 aliphatic heterocycles. The fraction of sp³-hybridized carbons (Fsp3) is 0.381. The fourth-order valence-corrected chi connectivity index (χ4v) is 3.83. The van der Waals surface area contributed by atoms with Crippen LogP contribution >= 0.6 is 12.4 Å². The average molecular weight is 391 g/mol. The van der Waals surface area contributed by atoms with E-state index >= 15 is 0 Å². The lowest BCUT2D eigenvalue weighted by Crippen LogP contribution is -2.32. The maximum atomic E-state index is 14.2. The molecule has 6 heteroatoms. The van der Waals surface area contributed by atoms with Gasteiger partial charge in [-0.25, -0.2) is 4.39 Å². The molecule has 1 heterocycles. The second-order valence-electron chi connectivity index (χ2n) is 7.67. The fourth-order valence-electron chi connectivity index (χ4n) is 3.83. The molecule has 2 aromatic carbocycles. The molecule has 27 heavy (non-hydrogen) atoms. The molecule has 1 saturated heterocycles. The van der Waals surface area contributed by atoms with E-state index in [1.807, 2.05) is 24.3 Å². The number of fused-ring (bicyclic) bond motifs is 1. The van der Waals surface area contributed by atoms with Crippen LogP contribution < -0.4 is 10.5 Å². The number of halogens is 2. The number of nitrogens with two attached hydrogens (primary N) is 1. The van der Waals surface area contributed by atoms with Gasteiger partial charge in [-0.3, -0.25) is 4.79 Å². The number of piperidine rings is 1. The minimum atomic E-state index is -0.508. The largest absolute Gasteiger partial charge is 0.457 e. The molecule has 2 fully saturated rings. The van der Waals surface area contributed by atoms with Crippen molar-refractivity contribution < 1.29 is 13.9 Å². The normalized spacial score (nSPS) is 22.8. The number of hydrogen-bond donors (Lipinski definition) is 1. The quantitative estimate of drug-likeness (QED) is 0.838. The first-order valence-corrected chi connectivity index (χ1v) is 9.04. The van der Waals surface area contributed by atoms with Gasteiger partial charge < -0.3 is 15.4 Å². The van der Waals surface area contributed by atoms with Gasteiger partial charge in [0.25, 0.3) is 5.91 Å². The number of likely N-dealkylation sites (tertiary alicyclic amines) is 1. The zero-order valence-corrected chi connectivity index (χ0v) is 16.1. The van der Waals surface area contributed by atoms with E-state index in [-0.39, 0.29) is 29.3 Å². The third kappa shape index (κ3) is 3.94. The highest BCUT2D eigenvalue weighted by molar-refractivity contribution is 5.95. The Kier molecular flexibility index (Phi) is 5.45. The number of ether oxygens (including phenoxy) is 1. The second-order valence-corrected chi connectivity index (χ2v) is 7.67. The van der Waals surface area contributed by atoms with Gasteiger partial charge in [-0.1, -0.05) is 19.1 Å². The van der Waals surface area contributed by atoms with E-state index in [2.05, 4.69) is 6.92 Å². The van der Waals surface area contributed by atoms with Gasteiger partial charge in [-0.15, -0.1) is 12.4 Å². The minimum absolute atomic E-state index is 0. The van der Waals surface area contributed by atoms with E-state index in [9.17, 15) is 9.18 Å². The Hall–Kier alpha value is -2.11. The van der Waals surface area contributed by atoms with Crippen molar-refractivity contribution in [1.29, 1.82) is 0 Å². The van der Waals surface area contributed by atoms with Crippen LogP contribution in [-0.4, -0.2) is 30.4 Å². The van der Waals surface area contributed by atoms with Crippen LogP contribution in [0, 0.1) is 17.2 Å². The summed E-state index contributed by atoms with van der Waals surface area (Å²) in [4.78, 5) is 14.5. The van der Waals surface area contributed by atoms with E-state index in [0.29, 0.717) is 30.5 Å². The number of rotatable bonds is 5. The number of carbonyl (C=O) groups excluding carboxylic acids is 1. The summed E-state index contributed by atoms with van der Waals surface area (Å²) in [7, 11) is 0. The lowest BCUT2D eigenvalue weighted by molar-refractivity contribution is 0.0761. The summed E-state index contributed by atoms with van der Waals surface area (Å²) < 4.78 is 20.0. The van der Waals surface area contributed by atoms with Crippen molar-refractivity contribution in [3.8, 4) is 11.5 Å². The van der Waals surface area contributed by atoms with Crippen molar-refractivity contribution in [2.75, 3.05) is 19.6 Å². The summed E-state index contributed by atoms with van der Waals surface area (Å²) in [5, 5.41) is 0. The number of carbonyl (C=O) groups is 1. The number of hydrogen-bond acceptors (Lipinski definition) is 3. The van der Waals surface area contributed by atoms with Gasteiger partial charge >= 0.3 is 0 Å². The zero-order valence-electron chi connectivity index (χ0n) is 15.3.